The Morgan fingerprint density at radius 3 is 2.41 bits per heavy atom. The summed E-state index contributed by atoms with van der Waals surface area (Å²) in [6.45, 7) is 3.43. The zero-order valence-corrected chi connectivity index (χ0v) is 9.76. The van der Waals surface area contributed by atoms with Gasteiger partial charge in [-0.25, -0.2) is 0 Å². The first-order chi connectivity index (χ1) is 7.88. The Morgan fingerprint density at radius 2 is 2.06 bits per heavy atom. The maximum Gasteiger partial charge on any atom is 0.323 e. The van der Waals surface area contributed by atoms with Gasteiger partial charge in [-0.3, -0.25) is 14.9 Å². The van der Waals surface area contributed by atoms with Gasteiger partial charge >= 0.3 is 11.9 Å². The van der Waals surface area contributed by atoms with Crippen molar-refractivity contribution in [1.29, 1.82) is 0 Å². The van der Waals surface area contributed by atoms with Crippen molar-refractivity contribution in [2.75, 3.05) is 0 Å². The van der Waals surface area contributed by atoms with Gasteiger partial charge in [0.1, 0.15) is 12.1 Å². The average Bonchev–Trinajstić information content (AvgIpc) is 2.13. The Labute approximate surface area is 98.3 Å². The molecule has 3 N–H and O–H groups in total. The van der Waals surface area contributed by atoms with Gasteiger partial charge in [0.25, 0.3) is 0 Å². The molecule has 1 rings (SSSR count). The number of carboxylic acid groups (broad SMARTS) is 2. The van der Waals surface area contributed by atoms with E-state index in [0.29, 0.717) is 6.42 Å². The van der Waals surface area contributed by atoms with Crippen LogP contribution in [0.25, 0.3) is 0 Å². The van der Waals surface area contributed by atoms with E-state index in [-0.39, 0.29) is 17.5 Å². The maximum absolute atomic E-state index is 13.8. The Balaban J connectivity index is 2.59. The summed E-state index contributed by atoms with van der Waals surface area (Å²) in [5.41, 5.74) is 0. The van der Waals surface area contributed by atoms with Crippen molar-refractivity contribution in [3.8, 4) is 0 Å². The molecule has 1 aliphatic heterocycles. The number of aliphatic carboxylic acids is 2. The average molecular weight is 248 g/mol. The van der Waals surface area contributed by atoms with Crippen LogP contribution in [0, 0.1) is 5.92 Å². The van der Waals surface area contributed by atoms with Crippen molar-refractivity contribution in [1.82, 2.24) is 10.4 Å². The van der Waals surface area contributed by atoms with E-state index in [1.165, 1.54) is 0 Å². The molecule has 0 aromatic heterocycles. The van der Waals surface area contributed by atoms with Crippen molar-refractivity contribution in [3.05, 3.63) is 0 Å². The monoisotopic (exact) mass is 248 g/mol. The second kappa shape index (κ2) is 5.42. The standard InChI is InChI=1S/C10H17FN2O4/c1-3-5(2)8(10(16)17)13(11)7-4-6(12-7)9(14)15/h5-8,12H,3-4H2,1-2H3,(H,14,15)(H,16,17). The summed E-state index contributed by atoms with van der Waals surface area (Å²) in [6.07, 6.45) is -0.218. The molecule has 1 aliphatic rings. The Bertz CT molecular complexity index is 307. The fraction of sp³-hybridized carbons (Fsp3) is 0.800. The van der Waals surface area contributed by atoms with Crippen molar-refractivity contribution in [2.24, 2.45) is 5.92 Å². The summed E-state index contributed by atoms with van der Waals surface area (Å²) in [4.78, 5) is 21.5. The molecule has 0 aliphatic carbocycles. The molecule has 0 aromatic rings. The van der Waals surface area contributed by atoms with Gasteiger partial charge in [0.2, 0.25) is 0 Å². The van der Waals surface area contributed by atoms with Gasteiger partial charge in [0.15, 0.2) is 0 Å². The highest BCUT2D eigenvalue weighted by molar-refractivity contribution is 5.75. The lowest BCUT2D eigenvalue weighted by atomic mass is 9.96. The van der Waals surface area contributed by atoms with Crippen LogP contribution in [0.2, 0.25) is 0 Å². The zero-order valence-electron chi connectivity index (χ0n) is 9.76. The predicted octanol–water partition coefficient (Wildman–Crippen LogP) is 0.445. The van der Waals surface area contributed by atoms with E-state index >= 15 is 0 Å². The highest BCUT2D eigenvalue weighted by atomic mass is 19.2. The first-order valence-corrected chi connectivity index (χ1v) is 5.54. The molecule has 0 amide bonds. The summed E-state index contributed by atoms with van der Waals surface area (Å²) in [5.74, 6) is -2.63. The number of halogens is 1. The van der Waals surface area contributed by atoms with E-state index in [4.69, 9.17) is 10.2 Å². The Morgan fingerprint density at radius 1 is 1.53 bits per heavy atom. The van der Waals surface area contributed by atoms with Crippen LogP contribution in [-0.4, -0.2) is 45.5 Å². The van der Waals surface area contributed by atoms with Crippen LogP contribution in [0.5, 0.6) is 0 Å². The van der Waals surface area contributed by atoms with Crippen molar-refractivity contribution < 1.29 is 24.3 Å². The van der Waals surface area contributed by atoms with Crippen molar-refractivity contribution in [3.63, 3.8) is 0 Å². The summed E-state index contributed by atoms with van der Waals surface area (Å²) in [7, 11) is 0. The third kappa shape index (κ3) is 2.92. The lowest BCUT2D eigenvalue weighted by Gasteiger charge is -2.40. The van der Waals surface area contributed by atoms with Gasteiger partial charge in [-0.15, -0.1) is 9.60 Å². The lowest BCUT2D eigenvalue weighted by molar-refractivity contribution is -0.174. The number of carbonyl (C=O) groups is 2. The number of hydrogen-bond acceptors (Lipinski definition) is 4. The summed E-state index contributed by atoms with van der Waals surface area (Å²) < 4.78 is 13.8. The van der Waals surface area contributed by atoms with E-state index in [0.717, 1.165) is 0 Å². The van der Waals surface area contributed by atoms with Gasteiger partial charge in [0, 0.05) is 6.42 Å². The minimum absolute atomic E-state index is 0.0754. The molecule has 1 fully saturated rings. The number of hydrogen-bond donors (Lipinski definition) is 3. The maximum atomic E-state index is 13.8. The summed E-state index contributed by atoms with van der Waals surface area (Å²) in [5, 5.41) is 20.3. The zero-order chi connectivity index (χ0) is 13.2. The molecule has 4 atom stereocenters. The second-order valence-electron chi connectivity index (χ2n) is 4.32. The summed E-state index contributed by atoms with van der Waals surface area (Å²) in [6, 6.07) is -2.03. The molecule has 98 valence electrons. The fourth-order valence-electron chi connectivity index (χ4n) is 1.78. The summed E-state index contributed by atoms with van der Waals surface area (Å²) >= 11 is 0. The predicted molar refractivity (Wildman–Crippen MR) is 56.8 cm³/mol. The van der Waals surface area contributed by atoms with Crippen molar-refractivity contribution >= 4 is 11.9 Å². The first-order valence-electron chi connectivity index (χ1n) is 5.54. The fourth-order valence-corrected chi connectivity index (χ4v) is 1.78. The van der Waals surface area contributed by atoms with Crippen LogP contribution in [0.4, 0.5) is 4.48 Å². The van der Waals surface area contributed by atoms with Gasteiger partial charge in [0.05, 0.1) is 6.17 Å². The molecule has 6 nitrogen and oxygen atoms in total. The minimum Gasteiger partial charge on any atom is -0.480 e. The quantitative estimate of drug-likeness (QED) is 0.591. The molecular formula is C10H17FN2O4. The molecule has 1 saturated heterocycles. The van der Waals surface area contributed by atoms with E-state index in [1.54, 1.807) is 13.8 Å². The minimum atomic E-state index is -1.24. The van der Waals surface area contributed by atoms with Gasteiger partial charge in [-0.05, 0) is 5.92 Å². The number of rotatable bonds is 6. The van der Waals surface area contributed by atoms with Crippen LogP contribution in [0.15, 0.2) is 0 Å². The van der Waals surface area contributed by atoms with Crippen LogP contribution < -0.4 is 5.32 Å². The van der Waals surface area contributed by atoms with Gasteiger partial charge < -0.3 is 10.2 Å². The molecular weight excluding hydrogens is 231 g/mol. The molecule has 1 heterocycles. The van der Waals surface area contributed by atoms with Crippen LogP contribution in [0.1, 0.15) is 26.7 Å². The van der Waals surface area contributed by atoms with E-state index in [2.05, 4.69) is 5.32 Å². The van der Waals surface area contributed by atoms with Crippen LogP contribution in [-0.2, 0) is 9.59 Å². The van der Waals surface area contributed by atoms with Crippen LogP contribution in [0.3, 0.4) is 0 Å². The SMILES string of the molecule is CCC(C)C(C(=O)O)N(F)C1CC(C(=O)O)N1. The van der Waals surface area contributed by atoms with Crippen molar-refractivity contribution in [2.45, 2.75) is 44.9 Å². The number of nitrogens with zero attached hydrogens (tertiary/aromatic N) is 1. The normalized spacial score (nSPS) is 27.3. The van der Waals surface area contributed by atoms with E-state index in [9.17, 15) is 14.1 Å². The van der Waals surface area contributed by atoms with Crippen LogP contribution >= 0.6 is 0 Å². The third-order valence-corrected chi connectivity index (χ3v) is 3.15. The topological polar surface area (TPSA) is 89.9 Å². The highest BCUT2D eigenvalue weighted by Gasteiger charge is 2.43. The highest BCUT2D eigenvalue weighted by Crippen LogP contribution is 2.24. The number of nitrogens with one attached hydrogen (secondary N) is 1. The Kier molecular flexibility index (Phi) is 4.41. The van der Waals surface area contributed by atoms with E-state index in [1.807, 2.05) is 0 Å². The molecule has 17 heavy (non-hydrogen) atoms. The third-order valence-electron chi connectivity index (χ3n) is 3.15. The second-order valence-corrected chi connectivity index (χ2v) is 4.32. The molecule has 0 spiro atoms. The smallest absolute Gasteiger partial charge is 0.323 e. The molecule has 0 saturated carbocycles. The molecule has 0 radical (unpaired) electrons. The number of carboxylic acids is 2. The molecule has 0 bridgehead atoms. The Hall–Kier alpha value is -1.21. The largest absolute Gasteiger partial charge is 0.480 e. The first kappa shape index (κ1) is 13.9. The van der Waals surface area contributed by atoms with Gasteiger partial charge in [-0.1, -0.05) is 20.3 Å². The lowest BCUT2D eigenvalue weighted by Crippen LogP contribution is -2.65. The van der Waals surface area contributed by atoms with Gasteiger partial charge in [-0.2, -0.15) is 0 Å². The molecule has 4 unspecified atom stereocenters. The molecule has 0 aromatic carbocycles. The van der Waals surface area contributed by atoms with E-state index < -0.39 is 30.2 Å². The molecule has 7 heteroatoms.